The minimum Gasteiger partial charge on any atom is -0.393 e. The van der Waals surface area contributed by atoms with Gasteiger partial charge in [0.05, 0.1) is 12.2 Å². The number of hydrogen-bond acceptors (Lipinski definition) is 3. The fourth-order valence-electron chi connectivity index (χ4n) is 2.71. The third-order valence-electron chi connectivity index (χ3n) is 4.19. The molecule has 2 saturated carbocycles. The molecule has 0 aliphatic heterocycles. The monoisotopic (exact) mass is 222 g/mol. The van der Waals surface area contributed by atoms with E-state index >= 15 is 0 Å². The molecule has 2 aliphatic rings. The van der Waals surface area contributed by atoms with Crippen molar-refractivity contribution in [3.63, 3.8) is 0 Å². The molecule has 2 aliphatic carbocycles. The Morgan fingerprint density at radius 1 is 1.31 bits per heavy atom. The van der Waals surface area contributed by atoms with Gasteiger partial charge >= 0.3 is 0 Å². The molecule has 2 atom stereocenters. The molecule has 3 nitrogen and oxygen atoms in total. The molecular weight excluding hydrogens is 200 g/mol. The van der Waals surface area contributed by atoms with E-state index in [-0.39, 0.29) is 11.5 Å². The predicted octanol–water partition coefficient (Wildman–Crippen LogP) is 1.82. The normalized spacial score (nSPS) is 32.0. The zero-order valence-electron chi connectivity index (χ0n) is 9.91. The SMILES string of the molecule is N#CCC1(CNCC2CCCCC2O)CC1. The van der Waals surface area contributed by atoms with Crippen molar-refractivity contribution < 1.29 is 5.11 Å². The van der Waals surface area contributed by atoms with Crippen LogP contribution in [0.1, 0.15) is 44.9 Å². The molecule has 2 rings (SSSR count). The summed E-state index contributed by atoms with van der Waals surface area (Å²) in [5.74, 6) is 0.437. The topological polar surface area (TPSA) is 56.0 Å². The van der Waals surface area contributed by atoms with E-state index in [0.29, 0.717) is 12.3 Å². The van der Waals surface area contributed by atoms with Crippen molar-refractivity contribution in [3.05, 3.63) is 0 Å². The van der Waals surface area contributed by atoms with E-state index in [2.05, 4.69) is 11.4 Å². The Balaban J connectivity index is 1.66. The lowest BCUT2D eigenvalue weighted by atomic mass is 9.86. The standard InChI is InChI=1S/C13H22N2O/c14-8-7-13(5-6-13)10-15-9-11-3-1-2-4-12(11)16/h11-12,15-16H,1-7,9-10H2. The second kappa shape index (κ2) is 5.16. The van der Waals surface area contributed by atoms with Gasteiger partial charge in [0, 0.05) is 19.5 Å². The first kappa shape index (κ1) is 11.9. The van der Waals surface area contributed by atoms with Crippen molar-refractivity contribution in [1.29, 1.82) is 5.26 Å². The molecule has 2 unspecified atom stereocenters. The minimum atomic E-state index is -0.104. The van der Waals surface area contributed by atoms with E-state index in [4.69, 9.17) is 5.26 Å². The molecule has 0 saturated heterocycles. The zero-order chi connectivity index (χ0) is 11.4. The van der Waals surface area contributed by atoms with Crippen LogP contribution in [0.15, 0.2) is 0 Å². The van der Waals surface area contributed by atoms with Crippen molar-refractivity contribution >= 4 is 0 Å². The number of aliphatic hydroxyl groups excluding tert-OH is 1. The quantitative estimate of drug-likeness (QED) is 0.746. The summed E-state index contributed by atoms with van der Waals surface area (Å²) < 4.78 is 0. The van der Waals surface area contributed by atoms with Gasteiger partial charge < -0.3 is 10.4 Å². The smallest absolute Gasteiger partial charge is 0.0628 e. The van der Waals surface area contributed by atoms with E-state index < -0.39 is 0 Å². The maximum Gasteiger partial charge on any atom is 0.0628 e. The van der Waals surface area contributed by atoms with Crippen LogP contribution in [-0.4, -0.2) is 24.3 Å². The van der Waals surface area contributed by atoms with Crippen LogP contribution in [0.3, 0.4) is 0 Å². The molecule has 0 aromatic heterocycles. The molecule has 2 fully saturated rings. The largest absolute Gasteiger partial charge is 0.393 e. The van der Waals surface area contributed by atoms with Gasteiger partial charge in [0.25, 0.3) is 0 Å². The van der Waals surface area contributed by atoms with Gasteiger partial charge in [-0.1, -0.05) is 12.8 Å². The molecule has 0 aromatic rings. The van der Waals surface area contributed by atoms with E-state index in [1.807, 2.05) is 0 Å². The van der Waals surface area contributed by atoms with Crippen molar-refractivity contribution in [2.24, 2.45) is 11.3 Å². The van der Waals surface area contributed by atoms with Gasteiger partial charge in [-0.25, -0.2) is 0 Å². The van der Waals surface area contributed by atoms with E-state index in [1.165, 1.54) is 25.7 Å². The van der Waals surface area contributed by atoms with Crippen LogP contribution in [0.2, 0.25) is 0 Å². The lowest BCUT2D eigenvalue weighted by Crippen LogP contribution is -2.36. The van der Waals surface area contributed by atoms with Crippen molar-refractivity contribution in [2.75, 3.05) is 13.1 Å². The fraction of sp³-hybridized carbons (Fsp3) is 0.923. The Labute approximate surface area is 97.8 Å². The Morgan fingerprint density at radius 3 is 2.69 bits per heavy atom. The molecule has 0 amide bonds. The second-order valence-corrected chi connectivity index (χ2v) is 5.58. The molecule has 0 aromatic carbocycles. The number of hydrogen-bond donors (Lipinski definition) is 2. The highest BCUT2D eigenvalue weighted by atomic mass is 16.3. The third-order valence-corrected chi connectivity index (χ3v) is 4.19. The summed E-state index contributed by atoms with van der Waals surface area (Å²) in [5.41, 5.74) is 0.286. The van der Waals surface area contributed by atoms with Gasteiger partial charge in [-0.05, 0) is 37.0 Å². The number of aliphatic hydroxyl groups is 1. The molecular formula is C13H22N2O. The second-order valence-electron chi connectivity index (χ2n) is 5.58. The fourth-order valence-corrected chi connectivity index (χ4v) is 2.71. The molecule has 0 bridgehead atoms. The molecule has 16 heavy (non-hydrogen) atoms. The minimum absolute atomic E-state index is 0.104. The number of nitriles is 1. The average Bonchev–Trinajstić information content (AvgIpc) is 3.02. The van der Waals surface area contributed by atoms with Crippen LogP contribution >= 0.6 is 0 Å². The summed E-state index contributed by atoms with van der Waals surface area (Å²) in [4.78, 5) is 0. The molecule has 0 radical (unpaired) electrons. The van der Waals surface area contributed by atoms with Crippen LogP contribution in [-0.2, 0) is 0 Å². The lowest BCUT2D eigenvalue weighted by molar-refractivity contribution is 0.0690. The first-order valence-corrected chi connectivity index (χ1v) is 6.51. The lowest BCUT2D eigenvalue weighted by Gasteiger charge is -2.28. The number of rotatable bonds is 5. The molecule has 3 heteroatoms. The Hall–Kier alpha value is -0.590. The summed E-state index contributed by atoms with van der Waals surface area (Å²) in [6.45, 7) is 1.89. The highest BCUT2D eigenvalue weighted by molar-refractivity contribution is 5.00. The van der Waals surface area contributed by atoms with E-state index in [1.54, 1.807) is 0 Å². The first-order chi connectivity index (χ1) is 7.76. The molecule has 0 spiro atoms. The highest BCUT2D eigenvalue weighted by Gasteiger charge is 2.42. The Morgan fingerprint density at radius 2 is 2.06 bits per heavy atom. The van der Waals surface area contributed by atoms with Crippen LogP contribution in [0.5, 0.6) is 0 Å². The first-order valence-electron chi connectivity index (χ1n) is 6.51. The predicted molar refractivity (Wildman–Crippen MR) is 62.7 cm³/mol. The van der Waals surface area contributed by atoms with Gasteiger partial charge in [0.2, 0.25) is 0 Å². The van der Waals surface area contributed by atoms with Crippen molar-refractivity contribution in [3.8, 4) is 6.07 Å². The molecule has 0 heterocycles. The summed E-state index contributed by atoms with van der Waals surface area (Å²) in [7, 11) is 0. The summed E-state index contributed by atoms with van der Waals surface area (Å²) in [6, 6.07) is 2.28. The van der Waals surface area contributed by atoms with Crippen molar-refractivity contribution in [1.82, 2.24) is 5.32 Å². The average molecular weight is 222 g/mol. The van der Waals surface area contributed by atoms with Crippen LogP contribution in [0.25, 0.3) is 0 Å². The summed E-state index contributed by atoms with van der Waals surface area (Å²) in [6.07, 6.45) is 7.53. The van der Waals surface area contributed by atoms with E-state index in [0.717, 1.165) is 25.9 Å². The molecule has 2 N–H and O–H groups in total. The third kappa shape index (κ3) is 2.96. The van der Waals surface area contributed by atoms with Crippen molar-refractivity contribution in [2.45, 2.75) is 51.0 Å². The summed E-state index contributed by atoms with van der Waals surface area (Å²) in [5, 5.41) is 22.0. The Bertz CT molecular complexity index is 268. The van der Waals surface area contributed by atoms with Gasteiger partial charge in [-0.3, -0.25) is 0 Å². The van der Waals surface area contributed by atoms with E-state index in [9.17, 15) is 5.11 Å². The van der Waals surface area contributed by atoms with Gasteiger partial charge in [-0.2, -0.15) is 5.26 Å². The Kier molecular flexibility index (Phi) is 3.83. The van der Waals surface area contributed by atoms with Gasteiger partial charge in [0.15, 0.2) is 0 Å². The maximum atomic E-state index is 9.83. The maximum absolute atomic E-state index is 9.83. The highest BCUT2D eigenvalue weighted by Crippen LogP contribution is 2.47. The number of nitrogens with zero attached hydrogens (tertiary/aromatic N) is 1. The van der Waals surface area contributed by atoms with Crippen LogP contribution in [0.4, 0.5) is 0 Å². The van der Waals surface area contributed by atoms with Gasteiger partial charge in [0.1, 0.15) is 0 Å². The zero-order valence-corrected chi connectivity index (χ0v) is 9.91. The molecule has 90 valence electrons. The van der Waals surface area contributed by atoms with Gasteiger partial charge in [-0.15, -0.1) is 0 Å². The van der Waals surface area contributed by atoms with Crippen LogP contribution < -0.4 is 5.32 Å². The van der Waals surface area contributed by atoms with Crippen LogP contribution in [0, 0.1) is 22.7 Å². The summed E-state index contributed by atoms with van der Waals surface area (Å²) >= 11 is 0. The number of nitrogens with one attached hydrogen (secondary N) is 1.